The van der Waals surface area contributed by atoms with Crippen LogP contribution in [-0.2, 0) is 0 Å². The molecule has 0 radical (unpaired) electrons. The summed E-state index contributed by atoms with van der Waals surface area (Å²) in [5.41, 5.74) is 3.89. The number of aromatic nitrogens is 1. The van der Waals surface area contributed by atoms with Crippen LogP contribution in [0, 0.1) is 6.92 Å². The lowest BCUT2D eigenvalue weighted by Gasteiger charge is -2.23. The second kappa shape index (κ2) is 6.48. The molecule has 0 aliphatic rings. The first-order chi connectivity index (χ1) is 9.20. The SMILES string of the molecule is CCC(N[C@@H](C)c1cccnc1)c1ccc(C)cc1. The van der Waals surface area contributed by atoms with Crippen molar-refractivity contribution in [2.24, 2.45) is 0 Å². The Bertz CT molecular complexity index is 490. The second-order valence-electron chi connectivity index (χ2n) is 5.05. The van der Waals surface area contributed by atoms with E-state index in [1.165, 1.54) is 16.7 Å². The van der Waals surface area contributed by atoms with Crippen molar-refractivity contribution in [3.05, 3.63) is 65.5 Å². The van der Waals surface area contributed by atoms with E-state index in [4.69, 9.17) is 0 Å². The van der Waals surface area contributed by atoms with Gasteiger partial charge in [-0.05, 0) is 37.5 Å². The zero-order chi connectivity index (χ0) is 13.7. The van der Waals surface area contributed by atoms with Gasteiger partial charge in [-0.15, -0.1) is 0 Å². The molecule has 2 atom stereocenters. The van der Waals surface area contributed by atoms with E-state index in [0.29, 0.717) is 12.1 Å². The maximum Gasteiger partial charge on any atom is 0.0323 e. The third-order valence-electron chi connectivity index (χ3n) is 3.52. The Hall–Kier alpha value is -1.67. The molecule has 2 rings (SSSR count). The van der Waals surface area contributed by atoms with Gasteiger partial charge in [-0.2, -0.15) is 0 Å². The molecule has 0 aliphatic heterocycles. The molecule has 0 saturated heterocycles. The van der Waals surface area contributed by atoms with Crippen molar-refractivity contribution >= 4 is 0 Å². The van der Waals surface area contributed by atoms with Crippen LogP contribution in [0.25, 0.3) is 0 Å². The third kappa shape index (κ3) is 3.65. The van der Waals surface area contributed by atoms with Gasteiger partial charge >= 0.3 is 0 Å². The highest BCUT2D eigenvalue weighted by Crippen LogP contribution is 2.22. The van der Waals surface area contributed by atoms with E-state index in [1.54, 1.807) is 0 Å². The molecule has 0 saturated carbocycles. The van der Waals surface area contributed by atoms with Crippen LogP contribution in [0.15, 0.2) is 48.8 Å². The predicted molar refractivity (Wildman–Crippen MR) is 80.0 cm³/mol. The predicted octanol–water partition coefficient (Wildman–Crippen LogP) is 4.19. The number of hydrogen-bond acceptors (Lipinski definition) is 2. The topological polar surface area (TPSA) is 24.9 Å². The molecule has 1 heterocycles. The molecule has 0 amide bonds. The number of rotatable bonds is 5. The Morgan fingerprint density at radius 2 is 1.84 bits per heavy atom. The van der Waals surface area contributed by atoms with Gasteiger partial charge in [0, 0.05) is 24.5 Å². The molecule has 0 fully saturated rings. The molecule has 2 aromatic rings. The quantitative estimate of drug-likeness (QED) is 0.865. The summed E-state index contributed by atoms with van der Waals surface area (Å²) in [4.78, 5) is 4.18. The van der Waals surface area contributed by atoms with E-state index in [-0.39, 0.29) is 0 Å². The number of benzene rings is 1. The Morgan fingerprint density at radius 1 is 1.11 bits per heavy atom. The molecular weight excluding hydrogens is 232 g/mol. The van der Waals surface area contributed by atoms with Crippen molar-refractivity contribution in [2.75, 3.05) is 0 Å². The van der Waals surface area contributed by atoms with Gasteiger partial charge in [-0.25, -0.2) is 0 Å². The van der Waals surface area contributed by atoms with E-state index >= 15 is 0 Å². The van der Waals surface area contributed by atoms with Gasteiger partial charge in [0.15, 0.2) is 0 Å². The van der Waals surface area contributed by atoms with Crippen molar-refractivity contribution in [1.82, 2.24) is 10.3 Å². The average molecular weight is 254 g/mol. The molecule has 1 aromatic carbocycles. The first-order valence-electron chi connectivity index (χ1n) is 6.93. The fourth-order valence-corrected chi connectivity index (χ4v) is 2.28. The lowest BCUT2D eigenvalue weighted by atomic mass is 10.0. The fraction of sp³-hybridized carbons (Fsp3) is 0.353. The molecule has 1 aromatic heterocycles. The van der Waals surface area contributed by atoms with E-state index < -0.39 is 0 Å². The minimum atomic E-state index is 0.306. The molecule has 0 aliphatic carbocycles. The highest BCUT2D eigenvalue weighted by Gasteiger charge is 2.13. The van der Waals surface area contributed by atoms with Crippen LogP contribution in [0.5, 0.6) is 0 Å². The average Bonchev–Trinajstić information content (AvgIpc) is 2.46. The van der Waals surface area contributed by atoms with Gasteiger partial charge in [0.2, 0.25) is 0 Å². The number of pyridine rings is 1. The summed E-state index contributed by atoms with van der Waals surface area (Å²) in [7, 11) is 0. The second-order valence-corrected chi connectivity index (χ2v) is 5.05. The summed E-state index contributed by atoms with van der Waals surface area (Å²) in [6.07, 6.45) is 4.82. The molecular formula is C17H22N2. The third-order valence-corrected chi connectivity index (χ3v) is 3.52. The van der Waals surface area contributed by atoms with Gasteiger partial charge in [0.1, 0.15) is 0 Å². The summed E-state index contributed by atoms with van der Waals surface area (Å²) in [6, 6.07) is 13.6. The van der Waals surface area contributed by atoms with Crippen LogP contribution in [-0.4, -0.2) is 4.98 Å². The molecule has 1 unspecified atom stereocenters. The first kappa shape index (κ1) is 13.8. The van der Waals surface area contributed by atoms with E-state index in [2.05, 4.69) is 61.4 Å². The lowest BCUT2D eigenvalue weighted by Crippen LogP contribution is -2.24. The maximum absolute atomic E-state index is 4.18. The smallest absolute Gasteiger partial charge is 0.0323 e. The van der Waals surface area contributed by atoms with Crippen LogP contribution in [0.4, 0.5) is 0 Å². The molecule has 19 heavy (non-hydrogen) atoms. The van der Waals surface area contributed by atoms with Gasteiger partial charge in [0.25, 0.3) is 0 Å². The molecule has 0 spiro atoms. The zero-order valence-electron chi connectivity index (χ0n) is 11.9. The van der Waals surface area contributed by atoms with E-state index in [9.17, 15) is 0 Å². The number of hydrogen-bond donors (Lipinski definition) is 1. The van der Waals surface area contributed by atoms with Crippen molar-refractivity contribution in [3.8, 4) is 0 Å². The Kier molecular flexibility index (Phi) is 4.69. The van der Waals surface area contributed by atoms with Gasteiger partial charge in [-0.1, -0.05) is 42.8 Å². The van der Waals surface area contributed by atoms with E-state index in [1.807, 2.05) is 18.5 Å². The van der Waals surface area contributed by atoms with Crippen LogP contribution in [0.1, 0.15) is 49.0 Å². The van der Waals surface area contributed by atoms with Crippen LogP contribution in [0.3, 0.4) is 0 Å². The molecule has 1 N–H and O–H groups in total. The highest BCUT2D eigenvalue weighted by atomic mass is 14.9. The lowest BCUT2D eigenvalue weighted by molar-refractivity contribution is 0.455. The highest BCUT2D eigenvalue weighted by molar-refractivity contribution is 5.24. The van der Waals surface area contributed by atoms with Crippen molar-refractivity contribution in [2.45, 2.75) is 39.3 Å². The maximum atomic E-state index is 4.18. The van der Waals surface area contributed by atoms with Crippen LogP contribution >= 0.6 is 0 Å². The van der Waals surface area contributed by atoms with E-state index in [0.717, 1.165) is 6.42 Å². The van der Waals surface area contributed by atoms with Gasteiger partial charge in [0.05, 0.1) is 0 Å². The molecule has 0 bridgehead atoms. The number of nitrogens with zero attached hydrogens (tertiary/aromatic N) is 1. The van der Waals surface area contributed by atoms with Gasteiger partial charge < -0.3 is 5.32 Å². The summed E-state index contributed by atoms with van der Waals surface area (Å²) in [5.74, 6) is 0. The normalized spacial score (nSPS) is 14.1. The van der Waals surface area contributed by atoms with Gasteiger partial charge in [-0.3, -0.25) is 4.98 Å². The standard InChI is InChI=1S/C17H22N2/c1-4-17(15-9-7-13(2)8-10-15)19-14(3)16-6-5-11-18-12-16/h5-12,14,17,19H,4H2,1-3H3/t14-,17?/m0/s1. The zero-order valence-corrected chi connectivity index (χ0v) is 11.9. The Morgan fingerprint density at radius 3 is 2.42 bits per heavy atom. The summed E-state index contributed by atoms with van der Waals surface area (Å²) in [6.45, 7) is 6.53. The minimum Gasteiger partial charge on any atom is -0.303 e. The van der Waals surface area contributed by atoms with Crippen molar-refractivity contribution in [3.63, 3.8) is 0 Å². The monoisotopic (exact) mass is 254 g/mol. The van der Waals surface area contributed by atoms with Crippen molar-refractivity contribution < 1.29 is 0 Å². The first-order valence-corrected chi connectivity index (χ1v) is 6.93. The number of nitrogens with one attached hydrogen (secondary N) is 1. The molecule has 100 valence electrons. The minimum absolute atomic E-state index is 0.306. The fourth-order valence-electron chi connectivity index (χ4n) is 2.28. The summed E-state index contributed by atoms with van der Waals surface area (Å²) in [5, 5.41) is 3.68. The summed E-state index contributed by atoms with van der Waals surface area (Å²) >= 11 is 0. The molecule has 2 heteroatoms. The van der Waals surface area contributed by atoms with Crippen LogP contribution < -0.4 is 5.32 Å². The number of aryl methyl sites for hydroxylation is 1. The largest absolute Gasteiger partial charge is 0.303 e. The van der Waals surface area contributed by atoms with Crippen LogP contribution in [0.2, 0.25) is 0 Å². The summed E-state index contributed by atoms with van der Waals surface area (Å²) < 4.78 is 0. The Balaban J connectivity index is 2.09. The molecule has 2 nitrogen and oxygen atoms in total. The van der Waals surface area contributed by atoms with Crippen molar-refractivity contribution in [1.29, 1.82) is 0 Å². The Labute approximate surface area is 115 Å².